The van der Waals surface area contributed by atoms with Crippen molar-refractivity contribution >= 4 is 88.6 Å². The number of nitrogens with zero attached hydrogens (tertiary/aromatic N) is 1. The third-order valence-corrected chi connectivity index (χ3v) is 15.4. The number of rotatable bonds is 4. The molecule has 0 amide bonds. The number of hydrogen-bond donors (Lipinski definition) is 0. The van der Waals surface area contributed by atoms with E-state index in [1.807, 2.05) is 11.3 Å². The van der Waals surface area contributed by atoms with E-state index in [0.717, 1.165) is 5.69 Å². The SMILES string of the molecule is C[Si]1(C)c2cccc(N(c3ccc(-c4ccc5ccccc5c4)cc3)c3cccc4ccccc34)c2-c2c1ccc1c2sc2ccccc21. The molecule has 1 aliphatic rings. The van der Waals surface area contributed by atoms with Crippen molar-refractivity contribution in [2.24, 2.45) is 0 Å². The van der Waals surface area contributed by atoms with E-state index in [9.17, 15) is 0 Å². The van der Waals surface area contributed by atoms with Crippen LogP contribution in [-0.2, 0) is 0 Å². The maximum atomic E-state index is 2.53. The van der Waals surface area contributed by atoms with Crippen LogP contribution in [0.4, 0.5) is 17.1 Å². The predicted octanol–water partition coefficient (Wildman–Crippen LogP) is 12.3. The van der Waals surface area contributed by atoms with E-state index in [-0.39, 0.29) is 0 Å². The lowest BCUT2D eigenvalue weighted by atomic mass is 9.98. The first kappa shape index (κ1) is 28.5. The van der Waals surface area contributed by atoms with E-state index >= 15 is 0 Å². The maximum absolute atomic E-state index is 2.53. The molecule has 0 aliphatic carbocycles. The van der Waals surface area contributed by atoms with E-state index in [2.05, 4.69) is 182 Å². The molecule has 49 heavy (non-hydrogen) atoms. The molecule has 9 aromatic rings. The number of thiophene rings is 1. The minimum Gasteiger partial charge on any atom is -0.309 e. The van der Waals surface area contributed by atoms with Crippen molar-refractivity contribution in [3.8, 4) is 22.3 Å². The molecule has 0 bridgehead atoms. The van der Waals surface area contributed by atoms with E-state index in [0.29, 0.717) is 0 Å². The van der Waals surface area contributed by atoms with Crippen LogP contribution in [0.3, 0.4) is 0 Å². The van der Waals surface area contributed by atoms with Gasteiger partial charge in [0.15, 0.2) is 0 Å². The Kier molecular flexibility index (Phi) is 6.26. The van der Waals surface area contributed by atoms with Gasteiger partial charge in [0, 0.05) is 42.4 Å². The van der Waals surface area contributed by atoms with E-state index in [1.54, 1.807) is 5.19 Å². The second-order valence-electron chi connectivity index (χ2n) is 13.7. The molecule has 3 heteroatoms. The predicted molar refractivity (Wildman–Crippen MR) is 217 cm³/mol. The van der Waals surface area contributed by atoms with Crippen LogP contribution in [0, 0.1) is 0 Å². The summed E-state index contributed by atoms with van der Waals surface area (Å²) in [5.74, 6) is 0. The molecule has 1 aromatic heterocycles. The Labute approximate surface area is 291 Å². The molecule has 10 rings (SSSR count). The zero-order chi connectivity index (χ0) is 32.7. The molecule has 1 aliphatic heterocycles. The first-order chi connectivity index (χ1) is 24.1. The highest BCUT2D eigenvalue weighted by Crippen LogP contribution is 2.49. The molecule has 8 aromatic carbocycles. The summed E-state index contributed by atoms with van der Waals surface area (Å²) in [6.07, 6.45) is 0. The first-order valence-corrected chi connectivity index (χ1v) is 20.8. The van der Waals surface area contributed by atoms with Crippen molar-refractivity contribution in [1.29, 1.82) is 0 Å². The third kappa shape index (κ3) is 4.29. The lowest BCUT2D eigenvalue weighted by Gasteiger charge is -2.30. The maximum Gasteiger partial charge on any atom is 0.114 e. The Morgan fingerprint density at radius 2 is 1.10 bits per heavy atom. The Morgan fingerprint density at radius 3 is 1.96 bits per heavy atom. The smallest absolute Gasteiger partial charge is 0.114 e. The van der Waals surface area contributed by atoms with Crippen molar-refractivity contribution in [3.05, 3.63) is 164 Å². The molecular formula is C46H33NSSi. The van der Waals surface area contributed by atoms with Crippen molar-refractivity contribution in [1.82, 2.24) is 0 Å². The Balaban J connectivity index is 1.23. The van der Waals surface area contributed by atoms with Gasteiger partial charge in [0.2, 0.25) is 0 Å². The van der Waals surface area contributed by atoms with Gasteiger partial charge in [-0.1, -0.05) is 140 Å². The molecule has 0 spiro atoms. The standard InChI is InChI=1S/C46H33NSSi/c1-49(2)42-20-10-18-40(44(42)45-43(49)28-27-38-37-16-7-8-19-41(37)48-46(38)45)47(39-17-9-14-32-12-5-6-15-36(32)39)35-25-23-31(24-26-35)34-22-21-30-11-3-4-13-33(30)29-34/h3-29H,1-2H3. The molecule has 232 valence electrons. The topological polar surface area (TPSA) is 3.24 Å². The summed E-state index contributed by atoms with van der Waals surface area (Å²) in [6, 6.07) is 60.8. The van der Waals surface area contributed by atoms with Crippen LogP contribution in [0.1, 0.15) is 0 Å². The molecule has 0 atom stereocenters. The van der Waals surface area contributed by atoms with Crippen LogP contribution in [0.15, 0.2) is 164 Å². The van der Waals surface area contributed by atoms with Crippen molar-refractivity contribution in [2.75, 3.05) is 4.90 Å². The second-order valence-corrected chi connectivity index (χ2v) is 19.1. The van der Waals surface area contributed by atoms with Crippen LogP contribution >= 0.6 is 11.3 Å². The first-order valence-electron chi connectivity index (χ1n) is 17.0. The normalized spacial score (nSPS) is 13.3. The number of benzene rings is 8. The average Bonchev–Trinajstić information content (AvgIpc) is 3.64. The molecule has 0 saturated carbocycles. The molecule has 0 fully saturated rings. The lowest BCUT2D eigenvalue weighted by Crippen LogP contribution is -2.49. The molecule has 2 heterocycles. The molecule has 0 N–H and O–H groups in total. The highest BCUT2D eigenvalue weighted by molar-refractivity contribution is 7.26. The highest BCUT2D eigenvalue weighted by Gasteiger charge is 2.41. The molecular weight excluding hydrogens is 627 g/mol. The number of fused-ring (bicyclic) bond motifs is 9. The van der Waals surface area contributed by atoms with Crippen LogP contribution in [0.2, 0.25) is 13.1 Å². The zero-order valence-electron chi connectivity index (χ0n) is 27.4. The van der Waals surface area contributed by atoms with Crippen LogP contribution in [0.5, 0.6) is 0 Å². The van der Waals surface area contributed by atoms with Gasteiger partial charge in [-0.25, -0.2) is 0 Å². The van der Waals surface area contributed by atoms with Crippen molar-refractivity contribution in [3.63, 3.8) is 0 Å². The van der Waals surface area contributed by atoms with Crippen molar-refractivity contribution in [2.45, 2.75) is 13.1 Å². The van der Waals surface area contributed by atoms with Gasteiger partial charge >= 0.3 is 0 Å². The molecule has 0 radical (unpaired) electrons. The molecule has 0 unspecified atom stereocenters. The summed E-state index contributed by atoms with van der Waals surface area (Å²) in [5.41, 5.74) is 8.90. The average molecular weight is 660 g/mol. The number of anilines is 3. The second kappa shape index (κ2) is 10.8. The molecule has 1 nitrogen and oxygen atoms in total. The van der Waals surface area contributed by atoms with Gasteiger partial charge in [-0.3, -0.25) is 0 Å². The van der Waals surface area contributed by atoms with Gasteiger partial charge in [-0.15, -0.1) is 11.3 Å². The summed E-state index contributed by atoms with van der Waals surface area (Å²) in [7, 11) is -1.98. The number of hydrogen-bond acceptors (Lipinski definition) is 2. The summed E-state index contributed by atoms with van der Waals surface area (Å²) >= 11 is 1.95. The third-order valence-electron chi connectivity index (χ3n) is 10.6. The van der Waals surface area contributed by atoms with Crippen LogP contribution in [-0.4, -0.2) is 8.07 Å². The Morgan fingerprint density at radius 1 is 0.449 bits per heavy atom. The fraction of sp³-hybridized carbons (Fsp3) is 0.0435. The van der Waals surface area contributed by atoms with E-state index < -0.39 is 8.07 Å². The summed E-state index contributed by atoms with van der Waals surface area (Å²) < 4.78 is 2.77. The summed E-state index contributed by atoms with van der Waals surface area (Å²) in [6.45, 7) is 5.06. The van der Waals surface area contributed by atoms with E-state index in [1.165, 1.54) is 80.5 Å². The van der Waals surface area contributed by atoms with Gasteiger partial charge in [-0.05, 0) is 74.1 Å². The minimum absolute atomic E-state index is 1.16. The Bertz CT molecular complexity index is 2750. The fourth-order valence-electron chi connectivity index (χ4n) is 8.20. The van der Waals surface area contributed by atoms with Gasteiger partial charge in [-0.2, -0.15) is 0 Å². The minimum atomic E-state index is -1.98. The van der Waals surface area contributed by atoms with Gasteiger partial charge < -0.3 is 4.90 Å². The highest BCUT2D eigenvalue weighted by atomic mass is 32.1. The summed E-state index contributed by atoms with van der Waals surface area (Å²) in [4.78, 5) is 2.52. The van der Waals surface area contributed by atoms with Gasteiger partial charge in [0.05, 0.1) is 11.4 Å². The van der Waals surface area contributed by atoms with E-state index in [4.69, 9.17) is 0 Å². The van der Waals surface area contributed by atoms with Crippen molar-refractivity contribution < 1.29 is 0 Å². The fourth-order valence-corrected chi connectivity index (χ4v) is 12.6. The van der Waals surface area contributed by atoms with Gasteiger partial charge in [0.25, 0.3) is 0 Å². The Hall–Kier alpha value is -5.48. The quantitative estimate of drug-likeness (QED) is 0.170. The summed E-state index contributed by atoms with van der Waals surface area (Å²) in [5, 5.41) is 10.8. The largest absolute Gasteiger partial charge is 0.309 e. The lowest BCUT2D eigenvalue weighted by molar-refractivity contribution is 1.30. The van der Waals surface area contributed by atoms with Crippen LogP contribution < -0.4 is 15.3 Å². The van der Waals surface area contributed by atoms with Gasteiger partial charge in [0.1, 0.15) is 8.07 Å². The zero-order valence-corrected chi connectivity index (χ0v) is 29.3. The molecule has 0 saturated heterocycles. The van der Waals surface area contributed by atoms with Crippen LogP contribution in [0.25, 0.3) is 64.0 Å². The monoisotopic (exact) mass is 659 g/mol.